The molecule has 0 aliphatic carbocycles. The van der Waals surface area contributed by atoms with E-state index in [2.05, 4.69) is 6.07 Å². The molecule has 0 radical (unpaired) electrons. The van der Waals surface area contributed by atoms with Crippen LogP contribution in [0.25, 0.3) is 0 Å². The van der Waals surface area contributed by atoms with E-state index in [1.54, 1.807) is 18.2 Å². The van der Waals surface area contributed by atoms with Gasteiger partial charge in [-0.3, -0.25) is 0 Å². The number of rotatable bonds is 0. The normalized spacial score (nSPS) is 6.67. The quantitative estimate of drug-likeness (QED) is 0.331. The summed E-state index contributed by atoms with van der Waals surface area (Å²) in [5.74, 6) is 0.266. The minimum Gasteiger partial charge on any atom is -1.00 e. The molecule has 0 spiro atoms. The topological polar surface area (TPSA) is 20.2 Å². The van der Waals surface area contributed by atoms with Gasteiger partial charge in [0.2, 0.25) is 0 Å². The van der Waals surface area contributed by atoms with E-state index in [4.69, 9.17) is 5.11 Å². The molecule has 0 bridgehead atoms. The molecule has 44 valence electrons. The van der Waals surface area contributed by atoms with Gasteiger partial charge in [-0.1, -0.05) is 0 Å². The molecular formula is C6H5ClMgO. The monoisotopic (exact) mass is 152 g/mol. The fourth-order valence-corrected chi connectivity index (χ4v) is 0.384. The van der Waals surface area contributed by atoms with Crippen molar-refractivity contribution in [2.24, 2.45) is 0 Å². The second-order valence-electron chi connectivity index (χ2n) is 1.26. The van der Waals surface area contributed by atoms with E-state index in [9.17, 15) is 0 Å². The van der Waals surface area contributed by atoms with Crippen molar-refractivity contribution in [1.29, 1.82) is 0 Å². The Kier molecular flexibility index (Phi) is 8.14. The molecule has 1 rings (SSSR count). The zero-order chi connectivity index (χ0) is 5.11. The van der Waals surface area contributed by atoms with Crippen LogP contribution in [0.1, 0.15) is 0 Å². The molecule has 1 aromatic carbocycles. The third kappa shape index (κ3) is 4.57. The van der Waals surface area contributed by atoms with Crippen molar-refractivity contribution in [3.8, 4) is 5.75 Å². The Morgan fingerprint density at radius 2 is 2.11 bits per heavy atom. The summed E-state index contributed by atoms with van der Waals surface area (Å²) >= 11 is 0. The molecule has 1 aromatic rings. The van der Waals surface area contributed by atoms with Crippen LogP contribution in [-0.4, -0.2) is 28.2 Å². The number of hydrogen-bond donors (Lipinski definition) is 1. The second-order valence-corrected chi connectivity index (χ2v) is 1.26. The van der Waals surface area contributed by atoms with E-state index in [-0.39, 0.29) is 41.2 Å². The molecule has 0 unspecified atom stereocenters. The fourth-order valence-electron chi connectivity index (χ4n) is 0.384. The first-order valence-electron chi connectivity index (χ1n) is 2.04. The van der Waals surface area contributed by atoms with Crippen LogP contribution in [0, 0.1) is 6.07 Å². The van der Waals surface area contributed by atoms with Crippen LogP contribution in [-0.2, 0) is 0 Å². The van der Waals surface area contributed by atoms with Crippen LogP contribution >= 0.6 is 0 Å². The average molecular weight is 153 g/mol. The van der Waals surface area contributed by atoms with Gasteiger partial charge < -0.3 is 17.5 Å². The van der Waals surface area contributed by atoms with Gasteiger partial charge >= 0.3 is 23.1 Å². The van der Waals surface area contributed by atoms with E-state index in [1.165, 1.54) is 6.07 Å². The maximum Gasteiger partial charge on any atom is 2.00 e. The molecule has 0 fully saturated rings. The predicted molar refractivity (Wildman–Crippen MR) is 32.7 cm³/mol. The van der Waals surface area contributed by atoms with Crippen molar-refractivity contribution in [1.82, 2.24) is 0 Å². The Morgan fingerprint density at radius 1 is 1.44 bits per heavy atom. The first-order valence-corrected chi connectivity index (χ1v) is 2.04. The molecule has 0 atom stereocenters. The molecule has 0 aliphatic heterocycles. The molecule has 0 amide bonds. The van der Waals surface area contributed by atoms with Crippen molar-refractivity contribution < 1.29 is 17.5 Å². The summed E-state index contributed by atoms with van der Waals surface area (Å²) in [6, 6.07) is 9.30. The molecule has 0 saturated carbocycles. The summed E-state index contributed by atoms with van der Waals surface area (Å²) in [7, 11) is 0. The molecule has 0 saturated heterocycles. The molecular weight excluding hydrogens is 148 g/mol. The molecule has 9 heavy (non-hydrogen) atoms. The zero-order valence-corrected chi connectivity index (χ0v) is 7.01. The Labute approximate surface area is 76.6 Å². The number of phenols is 1. The third-order valence-corrected chi connectivity index (χ3v) is 0.691. The van der Waals surface area contributed by atoms with Gasteiger partial charge in [0, 0.05) is 5.75 Å². The van der Waals surface area contributed by atoms with Gasteiger partial charge in [-0.05, 0) is 0 Å². The maximum atomic E-state index is 8.60. The number of phenolic OH excluding ortho intramolecular Hbond substituents is 1. The van der Waals surface area contributed by atoms with Gasteiger partial charge in [-0.25, -0.2) is 0 Å². The first-order chi connectivity index (χ1) is 3.39. The standard InChI is InChI=1S/C6H5O.ClH.Mg/c7-6-4-2-1-3-5-6;;/h1-2,4-5,7H;1H;/q-1;;+2/p-1. The largest absolute Gasteiger partial charge is 2.00 e. The van der Waals surface area contributed by atoms with Gasteiger partial charge in [0.15, 0.2) is 0 Å². The third-order valence-electron chi connectivity index (χ3n) is 0.691. The minimum atomic E-state index is 0. The average Bonchev–Trinajstić information content (AvgIpc) is 1.69. The van der Waals surface area contributed by atoms with E-state index in [1.807, 2.05) is 0 Å². The van der Waals surface area contributed by atoms with Crippen LogP contribution in [0.2, 0.25) is 0 Å². The molecule has 1 N–H and O–H groups in total. The number of aromatic hydroxyl groups is 1. The molecule has 3 heteroatoms. The van der Waals surface area contributed by atoms with Crippen molar-refractivity contribution in [2.45, 2.75) is 0 Å². The first kappa shape index (κ1) is 11.8. The fraction of sp³-hybridized carbons (Fsp3) is 0. The van der Waals surface area contributed by atoms with Gasteiger partial charge in [-0.2, -0.15) is 18.2 Å². The van der Waals surface area contributed by atoms with E-state index >= 15 is 0 Å². The van der Waals surface area contributed by atoms with E-state index in [0.717, 1.165) is 0 Å². The van der Waals surface area contributed by atoms with E-state index in [0.29, 0.717) is 0 Å². The zero-order valence-electron chi connectivity index (χ0n) is 4.84. The van der Waals surface area contributed by atoms with Crippen molar-refractivity contribution >= 4 is 23.1 Å². The van der Waals surface area contributed by atoms with Crippen LogP contribution in [0.15, 0.2) is 24.3 Å². The Balaban J connectivity index is 0. The van der Waals surface area contributed by atoms with Crippen molar-refractivity contribution in [3.63, 3.8) is 0 Å². The molecule has 0 heterocycles. The molecule has 0 aromatic heterocycles. The summed E-state index contributed by atoms with van der Waals surface area (Å²) in [5, 5.41) is 8.60. The second kappa shape index (κ2) is 6.20. The van der Waals surface area contributed by atoms with Crippen LogP contribution in [0.5, 0.6) is 5.75 Å². The summed E-state index contributed by atoms with van der Waals surface area (Å²) < 4.78 is 0. The van der Waals surface area contributed by atoms with Gasteiger partial charge in [0.1, 0.15) is 0 Å². The molecule has 0 aliphatic rings. The summed E-state index contributed by atoms with van der Waals surface area (Å²) in [6.45, 7) is 0. The van der Waals surface area contributed by atoms with Crippen molar-refractivity contribution in [3.05, 3.63) is 30.3 Å². The van der Waals surface area contributed by atoms with E-state index < -0.39 is 0 Å². The summed E-state index contributed by atoms with van der Waals surface area (Å²) in [5.41, 5.74) is 0. The van der Waals surface area contributed by atoms with Gasteiger partial charge in [-0.15, -0.1) is 12.1 Å². The summed E-state index contributed by atoms with van der Waals surface area (Å²) in [6.07, 6.45) is 0. The van der Waals surface area contributed by atoms with Crippen LogP contribution in [0.3, 0.4) is 0 Å². The maximum absolute atomic E-state index is 8.60. The van der Waals surface area contributed by atoms with Crippen molar-refractivity contribution in [2.75, 3.05) is 0 Å². The Morgan fingerprint density at radius 3 is 2.33 bits per heavy atom. The number of benzene rings is 1. The Bertz CT molecular complexity index is 143. The molecule has 1 nitrogen and oxygen atoms in total. The smallest absolute Gasteiger partial charge is 1.00 e. The van der Waals surface area contributed by atoms with Crippen LogP contribution in [0.4, 0.5) is 0 Å². The van der Waals surface area contributed by atoms with Gasteiger partial charge in [0.05, 0.1) is 0 Å². The number of hydrogen-bond acceptors (Lipinski definition) is 1. The predicted octanol–water partition coefficient (Wildman–Crippen LogP) is -2.18. The number of halogens is 1. The van der Waals surface area contributed by atoms with Gasteiger partial charge in [0.25, 0.3) is 0 Å². The SMILES string of the molecule is Oc1c[c-]ccc1.[Cl-].[Mg+2]. The van der Waals surface area contributed by atoms with Crippen LogP contribution < -0.4 is 12.4 Å². The minimum absolute atomic E-state index is 0. The summed E-state index contributed by atoms with van der Waals surface area (Å²) in [4.78, 5) is 0. The Hall–Kier alpha value is 0.0762.